The highest BCUT2D eigenvalue weighted by Crippen LogP contribution is 2.07. The number of rotatable bonds is 1. The van der Waals surface area contributed by atoms with E-state index in [1.165, 1.54) is 0 Å². The Bertz CT molecular complexity index is 495. The van der Waals surface area contributed by atoms with Crippen LogP contribution in [0.15, 0.2) is 17.1 Å². The molecule has 0 amide bonds. The minimum Gasteiger partial charge on any atom is -0.333 e. The van der Waals surface area contributed by atoms with Crippen LogP contribution in [0.5, 0.6) is 0 Å². The number of hydrogen-bond donors (Lipinski definition) is 1. The van der Waals surface area contributed by atoms with Crippen LogP contribution in [-0.4, -0.2) is 14.5 Å². The smallest absolute Gasteiger partial charge is 0.260 e. The summed E-state index contributed by atoms with van der Waals surface area (Å²) in [4.78, 5) is 18.4. The average molecular weight is 177 g/mol. The first-order chi connectivity index (χ1) is 6.22. The van der Waals surface area contributed by atoms with Gasteiger partial charge in [-0.2, -0.15) is 0 Å². The van der Waals surface area contributed by atoms with Gasteiger partial charge in [0.05, 0.1) is 5.39 Å². The van der Waals surface area contributed by atoms with E-state index in [0.29, 0.717) is 11.2 Å². The number of aromatic nitrogens is 3. The van der Waals surface area contributed by atoms with Gasteiger partial charge in [0.15, 0.2) is 0 Å². The molecule has 2 aromatic heterocycles. The van der Waals surface area contributed by atoms with Crippen LogP contribution >= 0.6 is 0 Å². The molecular formula is C9H11N3O. The molecule has 0 spiro atoms. The third-order valence-electron chi connectivity index (χ3n) is 2.09. The van der Waals surface area contributed by atoms with Gasteiger partial charge in [-0.15, -0.1) is 0 Å². The summed E-state index contributed by atoms with van der Waals surface area (Å²) in [5.41, 5.74) is 0.707. The Labute approximate surface area is 75.2 Å². The van der Waals surface area contributed by atoms with Crippen LogP contribution in [0.3, 0.4) is 0 Å². The van der Waals surface area contributed by atoms with Crippen molar-refractivity contribution in [2.45, 2.75) is 20.4 Å². The molecule has 0 bridgehead atoms. The number of nitrogens with zero attached hydrogens (tertiary/aromatic N) is 2. The average Bonchev–Trinajstić information content (AvgIpc) is 2.47. The minimum atomic E-state index is -0.0605. The van der Waals surface area contributed by atoms with Gasteiger partial charge in [-0.05, 0) is 19.9 Å². The maximum absolute atomic E-state index is 11.4. The van der Waals surface area contributed by atoms with Gasteiger partial charge in [-0.25, -0.2) is 4.98 Å². The summed E-state index contributed by atoms with van der Waals surface area (Å²) in [6.07, 6.45) is 1.88. The summed E-state index contributed by atoms with van der Waals surface area (Å²) in [5.74, 6) is 0.658. The quantitative estimate of drug-likeness (QED) is 0.707. The van der Waals surface area contributed by atoms with Crippen LogP contribution < -0.4 is 5.56 Å². The SMILES string of the molecule is CCn1ccc2c(=O)[nH]c(C)nc21. The molecule has 2 aromatic rings. The second-order valence-corrected chi connectivity index (χ2v) is 2.99. The van der Waals surface area contributed by atoms with Gasteiger partial charge < -0.3 is 9.55 Å². The van der Waals surface area contributed by atoms with Crippen molar-refractivity contribution in [2.24, 2.45) is 0 Å². The number of aryl methyl sites for hydroxylation is 2. The predicted octanol–water partition coefficient (Wildman–Crippen LogP) is 1.05. The lowest BCUT2D eigenvalue weighted by Gasteiger charge is -1.99. The molecule has 0 fully saturated rings. The molecule has 2 rings (SSSR count). The zero-order chi connectivity index (χ0) is 9.42. The first-order valence-electron chi connectivity index (χ1n) is 4.28. The summed E-state index contributed by atoms with van der Waals surface area (Å²) in [6, 6.07) is 1.80. The van der Waals surface area contributed by atoms with Crippen molar-refractivity contribution in [2.75, 3.05) is 0 Å². The monoisotopic (exact) mass is 177 g/mol. The number of hydrogen-bond acceptors (Lipinski definition) is 2. The van der Waals surface area contributed by atoms with Crippen LogP contribution in [0.1, 0.15) is 12.7 Å². The van der Waals surface area contributed by atoms with Crippen LogP contribution in [0.2, 0.25) is 0 Å². The Hall–Kier alpha value is -1.58. The first-order valence-corrected chi connectivity index (χ1v) is 4.28. The van der Waals surface area contributed by atoms with Gasteiger partial charge >= 0.3 is 0 Å². The normalized spacial score (nSPS) is 10.9. The fraction of sp³-hybridized carbons (Fsp3) is 0.333. The van der Waals surface area contributed by atoms with Gasteiger partial charge in [-0.1, -0.05) is 0 Å². The molecule has 68 valence electrons. The van der Waals surface area contributed by atoms with Crippen molar-refractivity contribution >= 4 is 11.0 Å². The van der Waals surface area contributed by atoms with Crippen molar-refractivity contribution < 1.29 is 0 Å². The number of nitrogens with one attached hydrogen (secondary N) is 1. The number of aromatic amines is 1. The Balaban J connectivity index is 2.90. The second kappa shape index (κ2) is 2.73. The highest BCUT2D eigenvalue weighted by Gasteiger charge is 2.04. The Morgan fingerprint density at radius 2 is 2.38 bits per heavy atom. The molecule has 0 aliphatic rings. The summed E-state index contributed by atoms with van der Waals surface area (Å²) in [5, 5.41) is 0.660. The lowest BCUT2D eigenvalue weighted by Crippen LogP contribution is -2.09. The molecule has 0 atom stereocenters. The molecule has 0 unspecified atom stereocenters. The molecular weight excluding hydrogens is 166 g/mol. The molecule has 0 saturated heterocycles. The van der Waals surface area contributed by atoms with Gasteiger partial charge in [0.1, 0.15) is 11.5 Å². The van der Waals surface area contributed by atoms with Crippen LogP contribution in [0.4, 0.5) is 0 Å². The minimum absolute atomic E-state index is 0.0605. The maximum atomic E-state index is 11.4. The van der Waals surface area contributed by atoms with Gasteiger partial charge in [0.2, 0.25) is 0 Å². The standard InChI is InChI=1S/C9H11N3O/c1-3-12-5-4-7-8(12)10-6(2)11-9(7)13/h4-5H,3H2,1-2H3,(H,10,11,13). The van der Waals surface area contributed by atoms with E-state index in [2.05, 4.69) is 9.97 Å². The lowest BCUT2D eigenvalue weighted by atomic mass is 10.4. The van der Waals surface area contributed by atoms with Crippen molar-refractivity contribution in [3.05, 3.63) is 28.4 Å². The largest absolute Gasteiger partial charge is 0.333 e. The van der Waals surface area contributed by atoms with Crippen molar-refractivity contribution in [1.82, 2.24) is 14.5 Å². The molecule has 13 heavy (non-hydrogen) atoms. The first kappa shape index (κ1) is 8.04. The van der Waals surface area contributed by atoms with E-state index < -0.39 is 0 Å². The Kier molecular flexibility index (Phi) is 1.69. The molecule has 0 aromatic carbocycles. The zero-order valence-electron chi connectivity index (χ0n) is 7.66. The van der Waals surface area contributed by atoms with Crippen LogP contribution in [0.25, 0.3) is 11.0 Å². The second-order valence-electron chi connectivity index (χ2n) is 2.99. The zero-order valence-corrected chi connectivity index (χ0v) is 7.66. The summed E-state index contributed by atoms with van der Waals surface area (Å²) < 4.78 is 1.96. The maximum Gasteiger partial charge on any atom is 0.260 e. The van der Waals surface area contributed by atoms with Gasteiger partial charge in [0.25, 0.3) is 5.56 Å². The molecule has 0 saturated carbocycles. The molecule has 0 radical (unpaired) electrons. The predicted molar refractivity (Wildman–Crippen MR) is 50.8 cm³/mol. The van der Waals surface area contributed by atoms with Crippen molar-refractivity contribution in [3.63, 3.8) is 0 Å². The van der Waals surface area contributed by atoms with Crippen LogP contribution in [0, 0.1) is 6.92 Å². The Morgan fingerprint density at radius 3 is 3.08 bits per heavy atom. The topological polar surface area (TPSA) is 50.7 Å². The summed E-state index contributed by atoms with van der Waals surface area (Å²) in [7, 11) is 0. The van der Waals surface area contributed by atoms with E-state index in [1.807, 2.05) is 17.7 Å². The fourth-order valence-electron chi connectivity index (χ4n) is 1.44. The molecule has 2 heterocycles. The summed E-state index contributed by atoms with van der Waals surface area (Å²) >= 11 is 0. The van der Waals surface area contributed by atoms with Crippen LogP contribution in [-0.2, 0) is 6.54 Å². The van der Waals surface area contributed by atoms with E-state index in [1.54, 1.807) is 13.0 Å². The number of H-pyrrole nitrogens is 1. The molecule has 1 N–H and O–H groups in total. The van der Waals surface area contributed by atoms with Gasteiger partial charge in [0, 0.05) is 12.7 Å². The third kappa shape index (κ3) is 1.14. The van der Waals surface area contributed by atoms with Crippen molar-refractivity contribution in [1.29, 1.82) is 0 Å². The molecule has 0 aliphatic carbocycles. The third-order valence-corrected chi connectivity index (χ3v) is 2.09. The molecule has 4 heteroatoms. The van der Waals surface area contributed by atoms with E-state index >= 15 is 0 Å². The Morgan fingerprint density at radius 1 is 1.62 bits per heavy atom. The van der Waals surface area contributed by atoms with Crippen molar-refractivity contribution in [3.8, 4) is 0 Å². The highest BCUT2D eigenvalue weighted by atomic mass is 16.1. The lowest BCUT2D eigenvalue weighted by molar-refractivity contribution is 0.783. The molecule has 0 aliphatic heterocycles. The van der Waals surface area contributed by atoms with E-state index in [9.17, 15) is 4.79 Å². The van der Waals surface area contributed by atoms with Gasteiger partial charge in [-0.3, -0.25) is 4.79 Å². The highest BCUT2D eigenvalue weighted by molar-refractivity contribution is 5.74. The van der Waals surface area contributed by atoms with E-state index in [4.69, 9.17) is 0 Å². The summed E-state index contributed by atoms with van der Waals surface area (Å²) in [6.45, 7) is 4.64. The molecule has 4 nitrogen and oxygen atoms in total. The van der Waals surface area contributed by atoms with E-state index in [0.717, 1.165) is 12.2 Å². The van der Waals surface area contributed by atoms with E-state index in [-0.39, 0.29) is 5.56 Å². The fourth-order valence-corrected chi connectivity index (χ4v) is 1.44. The number of fused-ring (bicyclic) bond motifs is 1.